The van der Waals surface area contributed by atoms with Crippen molar-refractivity contribution >= 4 is 28.3 Å². The molecule has 2 N–H and O–H groups in total. The molecular weight excluding hydrogens is 311 g/mol. The third-order valence-corrected chi connectivity index (χ3v) is 4.91. The van der Waals surface area contributed by atoms with Gasteiger partial charge in [-0.2, -0.15) is 0 Å². The van der Waals surface area contributed by atoms with Crippen LogP contribution >= 0.6 is 22.6 Å². The van der Waals surface area contributed by atoms with Gasteiger partial charge >= 0.3 is 0 Å². The van der Waals surface area contributed by atoms with Crippen LogP contribution in [0.4, 0.5) is 0 Å². The topological polar surface area (TPSA) is 35.9 Å². The van der Waals surface area contributed by atoms with Crippen molar-refractivity contribution < 1.29 is 0 Å². The van der Waals surface area contributed by atoms with Gasteiger partial charge in [-0.3, -0.25) is 0 Å². The fourth-order valence-electron chi connectivity index (χ4n) is 3.20. The summed E-state index contributed by atoms with van der Waals surface area (Å²) < 4.78 is 1.35. The van der Waals surface area contributed by atoms with Crippen LogP contribution < -0.4 is 5.32 Å². The smallest absolute Gasteiger partial charge is 0.0550 e. The van der Waals surface area contributed by atoms with Crippen molar-refractivity contribution in [3.63, 3.8) is 0 Å². The minimum Gasteiger partial charge on any atom is -0.308 e. The molecule has 1 aromatic rings. The number of fused-ring (bicyclic) bond motifs is 1. The van der Waals surface area contributed by atoms with E-state index in [4.69, 9.17) is 5.41 Å². The first-order valence-corrected chi connectivity index (χ1v) is 6.88. The Morgan fingerprint density at radius 2 is 2.19 bits per heavy atom. The van der Waals surface area contributed by atoms with Gasteiger partial charge in [0.25, 0.3) is 0 Å². The Kier molecular flexibility index (Phi) is 2.55. The molecule has 3 rings (SSSR count). The molecule has 1 aromatic carbocycles. The summed E-state index contributed by atoms with van der Waals surface area (Å²) in [5.74, 6) is 0. The van der Waals surface area contributed by atoms with Crippen LogP contribution in [0.25, 0.3) is 0 Å². The van der Waals surface area contributed by atoms with Crippen LogP contribution in [-0.2, 0) is 5.41 Å². The predicted octanol–water partition coefficient (Wildman–Crippen LogP) is 2.70. The monoisotopic (exact) mass is 326 g/mol. The number of rotatable bonds is 1. The standard InChI is InChI=1S/C13H15IN2/c14-10-5-2-1-4-9(10)13-6-3-7-16-12(13)11(15)8-13/h1-2,4-5,12,15-16H,3,6-8H2/t12?,13-/m0/s1. The summed E-state index contributed by atoms with van der Waals surface area (Å²) in [4.78, 5) is 0. The fourth-order valence-corrected chi connectivity index (χ4v) is 4.12. The molecule has 1 aliphatic heterocycles. The first-order chi connectivity index (χ1) is 7.74. The zero-order valence-electron chi connectivity index (χ0n) is 9.09. The first-order valence-electron chi connectivity index (χ1n) is 5.80. The van der Waals surface area contributed by atoms with Crippen LogP contribution in [0.2, 0.25) is 0 Å². The van der Waals surface area contributed by atoms with E-state index in [1.54, 1.807) is 0 Å². The lowest BCUT2D eigenvalue weighted by atomic mass is 9.56. The third-order valence-electron chi connectivity index (χ3n) is 3.97. The van der Waals surface area contributed by atoms with Crippen LogP contribution in [0.5, 0.6) is 0 Å². The minimum absolute atomic E-state index is 0.229. The molecule has 1 saturated heterocycles. The van der Waals surface area contributed by atoms with Gasteiger partial charge < -0.3 is 10.7 Å². The summed E-state index contributed by atoms with van der Waals surface area (Å²) in [6.07, 6.45) is 3.41. The molecule has 2 atom stereocenters. The third kappa shape index (κ3) is 1.37. The molecule has 0 radical (unpaired) electrons. The van der Waals surface area contributed by atoms with Crippen molar-refractivity contribution in [3.05, 3.63) is 33.4 Å². The van der Waals surface area contributed by atoms with E-state index >= 15 is 0 Å². The SMILES string of the molecule is N=C1C[C@]2(c3ccccc3I)CCCNC12. The van der Waals surface area contributed by atoms with E-state index < -0.39 is 0 Å². The van der Waals surface area contributed by atoms with Gasteiger partial charge in [-0.1, -0.05) is 18.2 Å². The van der Waals surface area contributed by atoms with Gasteiger partial charge in [0.05, 0.1) is 6.04 Å². The average molecular weight is 326 g/mol. The highest BCUT2D eigenvalue weighted by Gasteiger charge is 2.53. The molecule has 0 bridgehead atoms. The molecule has 0 amide bonds. The van der Waals surface area contributed by atoms with Crippen LogP contribution in [0.15, 0.2) is 24.3 Å². The van der Waals surface area contributed by atoms with Crippen LogP contribution in [0.3, 0.4) is 0 Å². The average Bonchev–Trinajstić information content (AvgIpc) is 2.28. The molecule has 1 aliphatic carbocycles. The largest absolute Gasteiger partial charge is 0.308 e. The van der Waals surface area contributed by atoms with E-state index in [9.17, 15) is 0 Å². The Hall–Kier alpha value is -0.420. The number of hydrogen-bond acceptors (Lipinski definition) is 2. The van der Waals surface area contributed by atoms with Crippen LogP contribution in [0.1, 0.15) is 24.8 Å². The normalized spacial score (nSPS) is 33.1. The van der Waals surface area contributed by atoms with Crippen LogP contribution in [0, 0.1) is 8.98 Å². The van der Waals surface area contributed by atoms with Crippen molar-refractivity contribution in [2.75, 3.05) is 6.54 Å². The summed E-state index contributed by atoms with van der Waals surface area (Å²) in [7, 11) is 0. The maximum Gasteiger partial charge on any atom is 0.0550 e. The van der Waals surface area contributed by atoms with Crippen molar-refractivity contribution in [1.29, 1.82) is 5.41 Å². The molecule has 1 heterocycles. The highest BCUT2D eigenvalue weighted by Crippen LogP contribution is 2.48. The highest BCUT2D eigenvalue weighted by atomic mass is 127. The fraction of sp³-hybridized carbons (Fsp3) is 0.462. The van der Waals surface area contributed by atoms with Gasteiger partial charge in [-0.15, -0.1) is 0 Å². The van der Waals surface area contributed by atoms with Gasteiger partial charge in [0.2, 0.25) is 0 Å². The molecule has 1 unspecified atom stereocenters. The number of nitrogens with one attached hydrogen (secondary N) is 2. The number of benzene rings is 1. The lowest BCUT2D eigenvalue weighted by molar-refractivity contribution is 0.231. The second-order valence-electron chi connectivity index (χ2n) is 4.83. The van der Waals surface area contributed by atoms with Gasteiger partial charge in [-0.25, -0.2) is 0 Å². The maximum atomic E-state index is 7.93. The Morgan fingerprint density at radius 1 is 1.38 bits per heavy atom. The minimum atomic E-state index is 0.229. The zero-order chi connectivity index (χ0) is 11.2. The van der Waals surface area contributed by atoms with E-state index in [-0.39, 0.29) is 5.41 Å². The molecule has 0 spiro atoms. The molecule has 84 valence electrons. The summed E-state index contributed by atoms with van der Waals surface area (Å²) in [6, 6.07) is 8.95. The number of piperidine rings is 1. The molecule has 2 aliphatic rings. The molecule has 3 heteroatoms. The van der Waals surface area contributed by atoms with Crippen molar-refractivity contribution in [1.82, 2.24) is 5.32 Å². The van der Waals surface area contributed by atoms with Crippen LogP contribution in [-0.4, -0.2) is 18.3 Å². The molecule has 1 saturated carbocycles. The summed E-state index contributed by atoms with van der Waals surface area (Å²) >= 11 is 2.43. The molecule has 0 aromatic heterocycles. The number of hydrogen-bond donors (Lipinski definition) is 2. The Bertz CT molecular complexity index is 443. The van der Waals surface area contributed by atoms with Gasteiger partial charge in [0, 0.05) is 14.7 Å². The molecular formula is C13H15IN2. The Labute approximate surface area is 109 Å². The van der Waals surface area contributed by atoms with Gasteiger partial charge in [-0.05, 0) is 60.0 Å². The second-order valence-corrected chi connectivity index (χ2v) is 5.99. The molecule has 2 nitrogen and oxygen atoms in total. The maximum absolute atomic E-state index is 7.93. The van der Waals surface area contributed by atoms with E-state index in [0.29, 0.717) is 6.04 Å². The zero-order valence-corrected chi connectivity index (χ0v) is 11.3. The van der Waals surface area contributed by atoms with Crippen molar-refractivity contribution in [2.24, 2.45) is 0 Å². The molecule has 2 fully saturated rings. The quantitative estimate of drug-likeness (QED) is 0.765. The van der Waals surface area contributed by atoms with E-state index in [1.807, 2.05) is 0 Å². The van der Waals surface area contributed by atoms with E-state index in [2.05, 4.69) is 52.2 Å². The highest BCUT2D eigenvalue weighted by molar-refractivity contribution is 14.1. The molecule has 16 heavy (non-hydrogen) atoms. The van der Waals surface area contributed by atoms with E-state index in [0.717, 1.165) is 18.7 Å². The van der Waals surface area contributed by atoms with E-state index in [1.165, 1.54) is 22.0 Å². The van der Waals surface area contributed by atoms with Gasteiger partial charge in [0.1, 0.15) is 0 Å². The lowest BCUT2D eigenvalue weighted by Crippen LogP contribution is -2.66. The summed E-state index contributed by atoms with van der Waals surface area (Å²) in [5.41, 5.74) is 2.57. The summed E-state index contributed by atoms with van der Waals surface area (Å²) in [5, 5.41) is 11.4. The van der Waals surface area contributed by atoms with Gasteiger partial charge in [0.15, 0.2) is 0 Å². The van der Waals surface area contributed by atoms with Crippen molar-refractivity contribution in [3.8, 4) is 0 Å². The lowest BCUT2D eigenvalue weighted by Gasteiger charge is -2.54. The Balaban J connectivity index is 2.05. The Morgan fingerprint density at radius 3 is 2.94 bits per heavy atom. The number of halogens is 1. The summed E-state index contributed by atoms with van der Waals surface area (Å²) in [6.45, 7) is 1.07. The first kappa shape index (κ1) is 10.7. The predicted molar refractivity (Wildman–Crippen MR) is 74.2 cm³/mol. The van der Waals surface area contributed by atoms with Crippen molar-refractivity contribution in [2.45, 2.75) is 30.7 Å². The second kappa shape index (κ2) is 3.81.